The van der Waals surface area contributed by atoms with E-state index >= 15 is 0 Å². The maximum atomic E-state index is 6.85. The van der Waals surface area contributed by atoms with Gasteiger partial charge in [0, 0.05) is 27.8 Å². The zero-order valence-electron chi connectivity index (χ0n) is 31.3. The van der Waals surface area contributed by atoms with Crippen LogP contribution in [-0.4, -0.2) is 15.0 Å². The fourth-order valence-corrected chi connectivity index (χ4v) is 13.0. The third kappa shape index (κ3) is 4.12. The van der Waals surface area contributed by atoms with Crippen LogP contribution in [0, 0.1) is 23.2 Å². The highest BCUT2D eigenvalue weighted by Gasteiger charge is 2.72. The van der Waals surface area contributed by atoms with Gasteiger partial charge in [-0.05, 0) is 107 Å². The lowest BCUT2D eigenvalue weighted by molar-refractivity contribution is 0.198. The summed E-state index contributed by atoms with van der Waals surface area (Å²) in [5.41, 5.74) is 12.3. The predicted molar refractivity (Wildman–Crippen MR) is 220 cm³/mol. The molecule has 2 spiro atoms. The van der Waals surface area contributed by atoms with Crippen molar-refractivity contribution in [2.24, 2.45) is 23.2 Å². The Bertz CT molecular complexity index is 2710. The van der Waals surface area contributed by atoms with Crippen molar-refractivity contribution in [3.8, 4) is 56.8 Å². The third-order valence-electron chi connectivity index (χ3n) is 15.2. The van der Waals surface area contributed by atoms with Crippen molar-refractivity contribution in [3.63, 3.8) is 0 Å². The number of para-hydroxylation sites is 1. The topological polar surface area (TPSA) is 47.9 Å². The summed E-state index contributed by atoms with van der Waals surface area (Å²) < 4.78 is 6.85. The molecule has 13 rings (SSSR count). The van der Waals surface area contributed by atoms with E-state index in [2.05, 4.69) is 127 Å². The Morgan fingerprint density at radius 1 is 0.536 bits per heavy atom. The average Bonchev–Trinajstić information content (AvgIpc) is 3.92. The minimum Gasteiger partial charge on any atom is -0.457 e. The van der Waals surface area contributed by atoms with E-state index in [0.29, 0.717) is 28.3 Å². The Hall–Kier alpha value is -5.87. The number of benzene rings is 6. The third-order valence-corrected chi connectivity index (χ3v) is 15.2. The van der Waals surface area contributed by atoms with Crippen LogP contribution in [0.2, 0.25) is 0 Å². The summed E-state index contributed by atoms with van der Waals surface area (Å²) >= 11 is 0. The quantitative estimate of drug-likeness (QED) is 0.181. The first-order chi connectivity index (χ1) is 27.6. The maximum absolute atomic E-state index is 6.85. The van der Waals surface area contributed by atoms with Gasteiger partial charge in [0.05, 0.1) is 5.41 Å². The minimum absolute atomic E-state index is 0.334. The highest BCUT2D eigenvalue weighted by Crippen LogP contribution is 2.80. The van der Waals surface area contributed by atoms with Crippen LogP contribution in [-0.2, 0) is 10.8 Å². The molecule has 56 heavy (non-hydrogen) atoms. The normalized spacial score (nSPS) is 26.3. The van der Waals surface area contributed by atoms with Crippen LogP contribution in [0.15, 0.2) is 146 Å². The van der Waals surface area contributed by atoms with E-state index in [4.69, 9.17) is 19.7 Å². The summed E-state index contributed by atoms with van der Waals surface area (Å²) in [7, 11) is 0. The van der Waals surface area contributed by atoms with Crippen LogP contribution < -0.4 is 4.74 Å². The van der Waals surface area contributed by atoms with Crippen LogP contribution in [0.1, 0.15) is 72.8 Å². The fourth-order valence-electron chi connectivity index (χ4n) is 13.0. The summed E-state index contributed by atoms with van der Waals surface area (Å²) in [6.45, 7) is 0. The molecule has 0 amide bonds. The van der Waals surface area contributed by atoms with Crippen LogP contribution >= 0.6 is 0 Å². The molecule has 3 bridgehead atoms. The molecular formula is C52H41N3O. The molecule has 6 aromatic carbocycles. The molecule has 2 heterocycles. The van der Waals surface area contributed by atoms with Gasteiger partial charge < -0.3 is 4.74 Å². The average molecular weight is 724 g/mol. The number of aromatic nitrogens is 3. The van der Waals surface area contributed by atoms with Crippen molar-refractivity contribution in [3.05, 3.63) is 173 Å². The Balaban J connectivity index is 0.942. The first-order valence-electron chi connectivity index (χ1n) is 20.7. The number of rotatable bonds is 4. The van der Waals surface area contributed by atoms with Crippen molar-refractivity contribution in [2.45, 2.75) is 55.8 Å². The molecule has 4 heteroatoms. The zero-order chi connectivity index (χ0) is 36.6. The molecule has 4 nitrogen and oxygen atoms in total. The Kier molecular flexibility index (Phi) is 6.23. The van der Waals surface area contributed by atoms with Crippen LogP contribution in [0.25, 0.3) is 45.3 Å². The standard InChI is InChI=1S/C52H41N3O/c1-2-11-32(12-3-1)47-53-48(33-20-23-36(24-21-33)50-26-10-13-37-27-35(29-50)44-30-51(37,44)31-50)55-49(54-47)34-22-25-43-46(28-34)56-45-19-9-8-18-42(45)52(43)40-16-6-4-14-38(40)39-15-5-7-17-41(39)52/h1-9,11-12,14-25,28,35,37,44H,10,13,26-27,29-31H2/t35-,37?,44?,50?,51+/m0/s1. The molecule has 5 atom stereocenters. The smallest absolute Gasteiger partial charge is 0.164 e. The van der Waals surface area contributed by atoms with Gasteiger partial charge in [-0.2, -0.15) is 0 Å². The molecule has 3 unspecified atom stereocenters. The molecule has 4 fully saturated rings. The Labute approximate surface area is 327 Å². The molecule has 270 valence electrons. The lowest BCUT2D eigenvalue weighted by Crippen LogP contribution is -2.34. The number of nitrogens with zero attached hydrogens (tertiary/aromatic N) is 3. The monoisotopic (exact) mass is 723 g/mol. The Morgan fingerprint density at radius 2 is 1.14 bits per heavy atom. The lowest BCUT2D eigenvalue weighted by Gasteiger charge is -2.40. The van der Waals surface area contributed by atoms with Crippen LogP contribution in [0.5, 0.6) is 11.5 Å². The number of hydrogen-bond donors (Lipinski definition) is 0. The van der Waals surface area contributed by atoms with Crippen molar-refractivity contribution in [1.29, 1.82) is 0 Å². The molecule has 0 radical (unpaired) electrons. The second kappa shape index (κ2) is 11.1. The van der Waals surface area contributed by atoms with Crippen LogP contribution in [0.4, 0.5) is 0 Å². The van der Waals surface area contributed by atoms with Crippen molar-refractivity contribution < 1.29 is 4.74 Å². The van der Waals surface area contributed by atoms with E-state index in [9.17, 15) is 0 Å². The van der Waals surface area contributed by atoms with E-state index in [-0.39, 0.29) is 0 Å². The van der Waals surface area contributed by atoms with E-state index in [0.717, 1.165) is 57.1 Å². The molecule has 0 saturated heterocycles. The van der Waals surface area contributed by atoms with Gasteiger partial charge in [-0.3, -0.25) is 0 Å². The van der Waals surface area contributed by atoms with Crippen molar-refractivity contribution in [2.75, 3.05) is 0 Å². The second-order valence-electron chi connectivity index (χ2n) is 17.7. The Morgan fingerprint density at radius 3 is 1.89 bits per heavy atom. The fraction of sp³-hybridized carbons (Fsp3) is 0.250. The molecule has 1 aromatic heterocycles. The van der Waals surface area contributed by atoms with Gasteiger partial charge in [0.15, 0.2) is 17.5 Å². The summed E-state index contributed by atoms with van der Waals surface area (Å²) in [6.07, 6.45) is 9.94. The van der Waals surface area contributed by atoms with Crippen molar-refractivity contribution >= 4 is 0 Å². The van der Waals surface area contributed by atoms with Gasteiger partial charge in [-0.1, -0.05) is 140 Å². The molecule has 6 aliphatic rings. The van der Waals surface area contributed by atoms with Gasteiger partial charge in [0.1, 0.15) is 11.5 Å². The van der Waals surface area contributed by atoms with E-state index in [1.165, 1.54) is 72.8 Å². The molecule has 0 N–H and O–H groups in total. The predicted octanol–water partition coefficient (Wildman–Crippen LogP) is 12.2. The molecule has 4 saturated carbocycles. The zero-order valence-corrected chi connectivity index (χ0v) is 31.3. The minimum atomic E-state index is -0.507. The van der Waals surface area contributed by atoms with Gasteiger partial charge in [0.2, 0.25) is 0 Å². The highest BCUT2D eigenvalue weighted by atomic mass is 16.5. The van der Waals surface area contributed by atoms with E-state index in [1.807, 2.05) is 18.2 Å². The SMILES string of the molecule is c1ccc(-c2nc(-c3ccc(C45CCCC6C[C@@H](C4)C4C[C@@]64C5)cc3)nc(-c3ccc4c(c3)Oc3ccccc3C43c4ccccc4-c4ccccc43)n2)cc1. The first kappa shape index (κ1) is 31.3. The number of fused-ring (bicyclic) bond motifs is 10. The summed E-state index contributed by atoms with van der Waals surface area (Å²) in [4.78, 5) is 15.5. The maximum Gasteiger partial charge on any atom is 0.164 e. The van der Waals surface area contributed by atoms with E-state index in [1.54, 1.807) is 0 Å². The van der Waals surface area contributed by atoms with Crippen LogP contribution in [0.3, 0.4) is 0 Å². The van der Waals surface area contributed by atoms with Gasteiger partial charge >= 0.3 is 0 Å². The van der Waals surface area contributed by atoms with E-state index < -0.39 is 5.41 Å². The summed E-state index contributed by atoms with van der Waals surface area (Å²) in [5, 5.41) is 0. The van der Waals surface area contributed by atoms with Crippen molar-refractivity contribution in [1.82, 2.24) is 15.0 Å². The number of ether oxygens (including phenoxy) is 1. The molecule has 7 aromatic rings. The molecule has 1 aliphatic heterocycles. The lowest BCUT2D eigenvalue weighted by atomic mass is 9.64. The van der Waals surface area contributed by atoms with Gasteiger partial charge in [0.25, 0.3) is 0 Å². The largest absolute Gasteiger partial charge is 0.457 e. The molecule has 5 aliphatic carbocycles. The van der Waals surface area contributed by atoms with Gasteiger partial charge in [-0.25, -0.2) is 15.0 Å². The number of hydrogen-bond acceptors (Lipinski definition) is 4. The highest BCUT2D eigenvalue weighted by molar-refractivity contribution is 5.89. The summed E-state index contributed by atoms with van der Waals surface area (Å²) in [6, 6.07) is 52.5. The molecular weight excluding hydrogens is 683 g/mol. The first-order valence-corrected chi connectivity index (χ1v) is 20.7. The second-order valence-corrected chi connectivity index (χ2v) is 17.7. The summed E-state index contributed by atoms with van der Waals surface area (Å²) in [5.74, 6) is 6.65. The van der Waals surface area contributed by atoms with Gasteiger partial charge in [-0.15, -0.1) is 0 Å².